The lowest BCUT2D eigenvalue weighted by atomic mass is 9.85. The number of hydrogen-bond acceptors (Lipinski definition) is 10. The number of esters is 2. The second kappa shape index (κ2) is 14.2. The van der Waals surface area contributed by atoms with Gasteiger partial charge in [-0.3, -0.25) is 14.9 Å². The molecular formula is C40H54N4O9Si. The monoisotopic (exact) mass is 762 g/mol. The smallest absolute Gasteiger partial charge is 0.412 e. The van der Waals surface area contributed by atoms with Gasteiger partial charge in [0.15, 0.2) is 0 Å². The van der Waals surface area contributed by atoms with Crippen LogP contribution >= 0.6 is 0 Å². The molecule has 3 aromatic rings. The van der Waals surface area contributed by atoms with E-state index in [0.29, 0.717) is 28.2 Å². The molecule has 0 aliphatic carbocycles. The zero-order valence-corrected chi connectivity index (χ0v) is 34.6. The van der Waals surface area contributed by atoms with Gasteiger partial charge in [-0.1, -0.05) is 53.3 Å². The number of nitrogens with zero attached hydrogens (tertiary/aromatic N) is 2. The van der Waals surface area contributed by atoms with E-state index in [4.69, 9.17) is 23.9 Å². The highest BCUT2D eigenvalue weighted by Crippen LogP contribution is 2.48. The summed E-state index contributed by atoms with van der Waals surface area (Å²) in [4.78, 5) is 72.3. The predicted octanol–water partition coefficient (Wildman–Crippen LogP) is 7.73. The molecule has 2 unspecified atom stereocenters. The van der Waals surface area contributed by atoms with Gasteiger partial charge in [-0.2, -0.15) is 0 Å². The van der Waals surface area contributed by atoms with Gasteiger partial charge in [0.1, 0.15) is 31.5 Å². The number of fused-ring (bicyclic) bond motifs is 5. The minimum Gasteiger partial charge on any atom is -0.458 e. The molecule has 54 heavy (non-hydrogen) atoms. The van der Waals surface area contributed by atoms with E-state index >= 15 is 0 Å². The first-order valence-corrected chi connectivity index (χ1v) is 21.7. The van der Waals surface area contributed by atoms with Crippen LogP contribution in [-0.4, -0.2) is 59.5 Å². The number of alkyl carbamates (subject to hydrolysis) is 1. The van der Waals surface area contributed by atoms with Crippen LogP contribution in [0.5, 0.6) is 0 Å². The van der Waals surface area contributed by atoms with E-state index < -0.39 is 61.3 Å². The second-order valence-corrected chi connectivity index (χ2v) is 23.1. The molecule has 13 nitrogen and oxygen atoms in total. The molecule has 0 bridgehead atoms. The SMILES string of the molecule is CCC1(OC(=O)CNC(=O)OC(C)(C)C)C(=O)OC([Si](C)(C)CCC(C)(C)C)c2c1cc1n(c2=O)Cc2cc3cc(NC(=O)OC(C)(C)C)ccc3nc2-1. The molecule has 2 amide bonds. The Morgan fingerprint density at radius 2 is 1.61 bits per heavy atom. The summed E-state index contributed by atoms with van der Waals surface area (Å²) in [5.41, 5.74) is -1.01. The van der Waals surface area contributed by atoms with E-state index in [1.807, 2.05) is 6.07 Å². The second-order valence-electron chi connectivity index (χ2n) is 18.1. The van der Waals surface area contributed by atoms with Gasteiger partial charge in [0.25, 0.3) is 5.56 Å². The van der Waals surface area contributed by atoms with Crippen LogP contribution in [0, 0.1) is 5.41 Å². The van der Waals surface area contributed by atoms with Crippen LogP contribution < -0.4 is 16.2 Å². The minimum absolute atomic E-state index is 0.0141. The summed E-state index contributed by atoms with van der Waals surface area (Å²) in [6.07, 6.45) is -0.565. The van der Waals surface area contributed by atoms with Crippen LogP contribution in [0.25, 0.3) is 22.3 Å². The molecule has 0 saturated heterocycles. The van der Waals surface area contributed by atoms with Crippen LogP contribution in [0.2, 0.25) is 19.1 Å². The van der Waals surface area contributed by atoms with E-state index in [1.54, 1.807) is 77.3 Å². The lowest BCUT2D eigenvalue weighted by Crippen LogP contribution is -2.54. The Kier molecular flexibility index (Phi) is 10.6. The summed E-state index contributed by atoms with van der Waals surface area (Å²) < 4.78 is 24.5. The normalized spacial score (nSPS) is 18.2. The van der Waals surface area contributed by atoms with Crippen LogP contribution in [0.4, 0.5) is 15.3 Å². The molecule has 2 atom stereocenters. The van der Waals surface area contributed by atoms with Crippen molar-refractivity contribution in [2.45, 2.75) is 130 Å². The van der Waals surface area contributed by atoms with Crippen LogP contribution in [0.1, 0.15) is 104 Å². The van der Waals surface area contributed by atoms with Gasteiger partial charge in [0, 0.05) is 22.2 Å². The van der Waals surface area contributed by atoms with Crippen molar-refractivity contribution in [3.8, 4) is 11.4 Å². The number of rotatable bonds is 8. The summed E-state index contributed by atoms with van der Waals surface area (Å²) >= 11 is 0. The van der Waals surface area contributed by atoms with Crippen molar-refractivity contribution in [2.24, 2.45) is 5.41 Å². The van der Waals surface area contributed by atoms with Crippen molar-refractivity contribution in [1.82, 2.24) is 14.9 Å². The minimum atomic E-state index is -2.52. The number of benzene rings is 1. The Morgan fingerprint density at radius 3 is 2.22 bits per heavy atom. The molecule has 2 aliphatic heterocycles. The van der Waals surface area contributed by atoms with Crippen LogP contribution in [-0.2, 0) is 40.7 Å². The lowest BCUT2D eigenvalue weighted by Gasteiger charge is -2.43. The standard InChI is InChI=1S/C40H54N4O9Si/c1-13-40(51-29(45)21-41-35(48)52-38(5,6)7)26-20-28-31-24(18-23-19-25(14-15-27(23)43-31)42-36(49)53-39(8,9)10)22-44(28)32(46)30(26)33(50-34(40)47)54(11,12)17-16-37(2,3)4/h14-15,18-20,33H,13,16-17,21-22H2,1-12H3,(H,41,48)(H,42,49). The largest absolute Gasteiger partial charge is 0.458 e. The fourth-order valence-corrected chi connectivity index (χ4v) is 9.92. The van der Waals surface area contributed by atoms with Crippen molar-refractivity contribution >= 4 is 48.8 Å². The molecule has 292 valence electrons. The van der Waals surface area contributed by atoms with Gasteiger partial charge in [-0.05, 0) is 83.7 Å². The maximum absolute atomic E-state index is 14.8. The van der Waals surface area contributed by atoms with Gasteiger partial charge < -0.3 is 28.8 Å². The Morgan fingerprint density at radius 1 is 0.963 bits per heavy atom. The number of pyridine rings is 2. The Bertz CT molecular complexity index is 2070. The van der Waals surface area contributed by atoms with E-state index in [0.717, 1.165) is 23.4 Å². The first-order valence-electron chi connectivity index (χ1n) is 18.4. The van der Waals surface area contributed by atoms with E-state index in [-0.39, 0.29) is 29.5 Å². The third-order valence-electron chi connectivity index (χ3n) is 9.49. The number of hydrogen-bond donors (Lipinski definition) is 2. The van der Waals surface area contributed by atoms with Gasteiger partial charge in [0.05, 0.1) is 29.0 Å². The highest BCUT2D eigenvalue weighted by Gasteiger charge is 2.56. The number of amides is 2. The highest BCUT2D eigenvalue weighted by molar-refractivity contribution is 6.78. The summed E-state index contributed by atoms with van der Waals surface area (Å²) in [6.45, 7) is 22.5. The third-order valence-corrected chi connectivity index (χ3v) is 12.9. The lowest BCUT2D eigenvalue weighted by molar-refractivity contribution is -0.190. The first-order chi connectivity index (χ1) is 24.8. The molecule has 1 aromatic carbocycles. The van der Waals surface area contributed by atoms with Crippen molar-refractivity contribution in [2.75, 3.05) is 11.9 Å². The molecule has 2 N–H and O–H groups in total. The number of cyclic esters (lactones) is 1. The van der Waals surface area contributed by atoms with Gasteiger partial charge in [-0.25, -0.2) is 19.4 Å². The fourth-order valence-electron chi connectivity index (χ4n) is 6.78. The summed E-state index contributed by atoms with van der Waals surface area (Å²) in [7, 11) is -2.52. The predicted molar refractivity (Wildman–Crippen MR) is 208 cm³/mol. The van der Waals surface area contributed by atoms with E-state index in [1.165, 1.54) is 0 Å². The van der Waals surface area contributed by atoms with Crippen molar-refractivity contribution < 1.29 is 38.1 Å². The number of ether oxygens (including phenoxy) is 4. The number of anilines is 1. The molecule has 0 saturated carbocycles. The molecular weight excluding hydrogens is 709 g/mol. The van der Waals surface area contributed by atoms with Gasteiger partial charge in [0.2, 0.25) is 5.60 Å². The zero-order chi connectivity index (χ0) is 40.2. The first kappa shape index (κ1) is 40.5. The topological polar surface area (TPSA) is 164 Å². The Hall–Kier alpha value is -4.72. The summed E-state index contributed by atoms with van der Waals surface area (Å²) in [5.74, 6) is -1.65. The van der Waals surface area contributed by atoms with Crippen LogP contribution in [0.15, 0.2) is 35.1 Å². The average Bonchev–Trinajstić information content (AvgIpc) is 3.38. The summed E-state index contributed by atoms with van der Waals surface area (Å²) in [5, 5.41) is 5.90. The van der Waals surface area contributed by atoms with E-state index in [9.17, 15) is 24.0 Å². The maximum atomic E-state index is 14.8. The highest BCUT2D eigenvalue weighted by atomic mass is 28.3. The van der Waals surface area contributed by atoms with Crippen molar-refractivity contribution in [3.05, 3.63) is 57.4 Å². The maximum Gasteiger partial charge on any atom is 0.412 e. The molecule has 5 rings (SSSR count). The van der Waals surface area contributed by atoms with Crippen LogP contribution in [0.3, 0.4) is 0 Å². The quantitative estimate of drug-likeness (QED) is 0.103. The van der Waals surface area contributed by atoms with Gasteiger partial charge >= 0.3 is 24.1 Å². The molecule has 2 aliphatic rings. The molecule has 4 heterocycles. The molecule has 14 heteroatoms. The van der Waals surface area contributed by atoms with Crippen molar-refractivity contribution in [3.63, 3.8) is 0 Å². The Labute approximate surface area is 317 Å². The van der Waals surface area contributed by atoms with Gasteiger partial charge in [-0.15, -0.1) is 0 Å². The number of aromatic nitrogens is 2. The third kappa shape index (κ3) is 8.64. The Balaban J connectivity index is 1.60. The summed E-state index contributed by atoms with van der Waals surface area (Å²) in [6, 6.07) is 9.74. The number of nitrogens with one attached hydrogen (secondary N) is 2. The molecule has 0 spiro atoms. The van der Waals surface area contributed by atoms with E-state index in [2.05, 4.69) is 44.5 Å². The zero-order valence-electron chi connectivity index (χ0n) is 33.6. The number of carbonyl (C=O) groups is 4. The fraction of sp³-hybridized carbons (Fsp3) is 0.550. The van der Waals surface area contributed by atoms with Crippen molar-refractivity contribution in [1.29, 1.82) is 0 Å². The molecule has 2 aromatic heterocycles. The number of carbonyl (C=O) groups excluding carboxylic acids is 4. The molecule has 0 radical (unpaired) electrons. The average molecular weight is 763 g/mol. The molecule has 0 fully saturated rings.